The van der Waals surface area contributed by atoms with Gasteiger partial charge in [-0.3, -0.25) is 0 Å². The van der Waals surface area contributed by atoms with E-state index >= 15 is 0 Å². The van der Waals surface area contributed by atoms with E-state index in [0.717, 1.165) is 25.7 Å². The molecule has 0 spiro atoms. The van der Waals surface area contributed by atoms with E-state index in [-0.39, 0.29) is 0 Å². The third kappa shape index (κ3) is 7.56. The molecule has 0 radical (unpaired) electrons. The van der Waals surface area contributed by atoms with Gasteiger partial charge in [0.15, 0.2) is 0 Å². The van der Waals surface area contributed by atoms with Crippen LogP contribution in [0.1, 0.15) is 32.6 Å². The topological polar surface area (TPSA) is 52.0 Å². The first-order chi connectivity index (χ1) is 5.31. The molecule has 1 atom stereocenters. The number of allylic oxidation sites excluding steroid dienone is 2. The Balaban J connectivity index is 3.16. The van der Waals surface area contributed by atoms with Crippen LogP contribution in [0.5, 0.6) is 0 Å². The van der Waals surface area contributed by atoms with Gasteiger partial charge >= 0.3 is 0 Å². The second kappa shape index (κ2) is 7.76. The summed E-state index contributed by atoms with van der Waals surface area (Å²) in [7, 11) is 0. The molecule has 11 heavy (non-hydrogen) atoms. The molecule has 0 heterocycles. The van der Waals surface area contributed by atoms with E-state index in [1.165, 1.54) is 0 Å². The zero-order valence-electron chi connectivity index (χ0n) is 7.42. The lowest BCUT2D eigenvalue weighted by Crippen LogP contribution is -2.23. The molecule has 4 N–H and O–H groups in total. The first-order valence-electron chi connectivity index (χ1n) is 4.42. The van der Waals surface area contributed by atoms with Gasteiger partial charge < -0.3 is 11.5 Å². The van der Waals surface area contributed by atoms with E-state index in [1.807, 2.05) is 0 Å². The van der Waals surface area contributed by atoms with Gasteiger partial charge in [-0.25, -0.2) is 0 Å². The van der Waals surface area contributed by atoms with Crippen molar-refractivity contribution in [1.29, 1.82) is 0 Å². The molecule has 0 amide bonds. The number of nitrogens with two attached hydrogens (primary N) is 2. The fourth-order valence-electron chi connectivity index (χ4n) is 0.953. The summed E-state index contributed by atoms with van der Waals surface area (Å²) in [5.74, 6) is 0. The van der Waals surface area contributed by atoms with Crippen LogP contribution < -0.4 is 11.5 Å². The van der Waals surface area contributed by atoms with E-state index in [2.05, 4.69) is 19.1 Å². The zero-order valence-corrected chi connectivity index (χ0v) is 7.42. The minimum absolute atomic E-state index is 0.293. The molecule has 1 unspecified atom stereocenters. The Hall–Kier alpha value is -0.340. The van der Waals surface area contributed by atoms with Crippen LogP contribution in [-0.4, -0.2) is 12.6 Å². The summed E-state index contributed by atoms with van der Waals surface area (Å²) < 4.78 is 0. The maximum absolute atomic E-state index is 5.75. The van der Waals surface area contributed by atoms with Crippen molar-refractivity contribution in [3.05, 3.63) is 12.2 Å². The minimum atomic E-state index is 0.293. The molecule has 2 heteroatoms. The summed E-state index contributed by atoms with van der Waals surface area (Å²) in [6, 6.07) is 0.293. The van der Waals surface area contributed by atoms with E-state index in [0.29, 0.717) is 12.6 Å². The van der Waals surface area contributed by atoms with Crippen molar-refractivity contribution in [2.45, 2.75) is 38.6 Å². The van der Waals surface area contributed by atoms with Crippen molar-refractivity contribution in [3.63, 3.8) is 0 Å². The molecule has 0 aliphatic rings. The third-order valence-electron chi connectivity index (χ3n) is 1.64. The minimum Gasteiger partial charge on any atom is -0.330 e. The monoisotopic (exact) mass is 156 g/mol. The summed E-state index contributed by atoms with van der Waals surface area (Å²) in [5.41, 5.74) is 11.1. The second-order valence-electron chi connectivity index (χ2n) is 2.79. The predicted molar refractivity (Wildman–Crippen MR) is 50.3 cm³/mol. The van der Waals surface area contributed by atoms with E-state index in [4.69, 9.17) is 11.5 Å². The fourth-order valence-corrected chi connectivity index (χ4v) is 0.953. The summed E-state index contributed by atoms with van der Waals surface area (Å²) >= 11 is 0. The molecule has 0 saturated heterocycles. The van der Waals surface area contributed by atoms with Crippen LogP contribution in [0, 0.1) is 0 Å². The highest BCUT2D eigenvalue weighted by Gasteiger charge is 1.97. The Morgan fingerprint density at radius 2 is 2.00 bits per heavy atom. The molecule has 0 aromatic heterocycles. The highest BCUT2D eigenvalue weighted by molar-refractivity contribution is 4.81. The zero-order chi connectivity index (χ0) is 8.53. The SMILES string of the molecule is CCC=CCCC(N)CCN. The van der Waals surface area contributed by atoms with Crippen LogP contribution in [0.15, 0.2) is 12.2 Å². The molecule has 66 valence electrons. The van der Waals surface area contributed by atoms with Crippen molar-refractivity contribution >= 4 is 0 Å². The van der Waals surface area contributed by atoms with Crippen molar-refractivity contribution in [2.75, 3.05) is 6.54 Å². The molecule has 0 aliphatic carbocycles. The average molecular weight is 156 g/mol. The summed E-state index contributed by atoms with van der Waals surface area (Å²) in [6.07, 6.45) is 8.58. The van der Waals surface area contributed by atoms with E-state index < -0.39 is 0 Å². The first-order valence-corrected chi connectivity index (χ1v) is 4.42. The van der Waals surface area contributed by atoms with E-state index in [9.17, 15) is 0 Å². The van der Waals surface area contributed by atoms with Gasteiger partial charge in [0.1, 0.15) is 0 Å². The standard InChI is InChI=1S/C9H20N2/c1-2-3-4-5-6-9(11)7-8-10/h3-4,9H,2,5-8,10-11H2,1H3. The van der Waals surface area contributed by atoms with Crippen LogP contribution in [0.4, 0.5) is 0 Å². The smallest absolute Gasteiger partial charge is 0.00537 e. The normalized spacial score (nSPS) is 14.1. The van der Waals surface area contributed by atoms with E-state index in [1.54, 1.807) is 0 Å². The molecular weight excluding hydrogens is 136 g/mol. The Labute approximate surface area is 69.6 Å². The largest absolute Gasteiger partial charge is 0.330 e. The molecule has 0 saturated carbocycles. The maximum atomic E-state index is 5.75. The molecular formula is C9H20N2. The summed E-state index contributed by atoms with van der Waals surface area (Å²) in [6.45, 7) is 2.84. The molecule has 2 nitrogen and oxygen atoms in total. The van der Waals surface area contributed by atoms with Gasteiger partial charge in [-0.1, -0.05) is 19.1 Å². The lowest BCUT2D eigenvalue weighted by molar-refractivity contribution is 0.581. The van der Waals surface area contributed by atoms with Crippen molar-refractivity contribution in [3.8, 4) is 0 Å². The van der Waals surface area contributed by atoms with Gasteiger partial charge in [0, 0.05) is 6.04 Å². The number of hydrogen-bond acceptors (Lipinski definition) is 2. The Bertz CT molecular complexity index is 99.7. The highest BCUT2D eigenvalue weighted by Crippen LogP contribution is 1.99. The molecule has 0 bridgehead atoms. The lowest BCUT2D eigenvalue weighted by Gasteiger charge is -2.06. The molecule has 0 fully saturated rings. The van der Waals surface area contributed by atoms with Crippen molar-refractivity contribution < 1.29 is 0 Å². The van der Waals surface area contributed by atoms with Crippen LogP contribution in [0.2, 0.25) is 0 Å². The predicted octanol–water partition coefficient (Wildman–Crippen LogP) is 1.41. The first kappa shape index (κ1) is 10.7. The second-order valence-corrected chi connectivity index (χ2v) is 2.79. The Kier molecular flexibility index (Phi) is 7.52. The molecule has 0 rings (SSSR count). The van der Waals surface area contributed by atoms with Crippen LogP contribution in [0.3, 0.4) is 0 Å². The average Bonchev–Trinajstić information content (AvgIpc) is 1.99. The van der Waals surface area contributed by atoms with Gasteiger partial charge in [0.25, 0.3) is 0 Å². The highest BCUT2D eigenvalue weighted by atomic mass is 14.6. The van der Waals surface area contributed by atoms with Gasteiger partial charge in [-0.05, 0) is 32.2 Å². The number of rotatable bonds is 6. The van der Waals surface area contributed by atoms with Gasteiger partial charge in [0.05, 0.1) is 0 Å². The van der Waals surface area contributed by atoms with Crippen LogP contribution >= 0.6 is 0 Å². The Morgan fingerprint density at radius 1 is 1.27 bits per heavy atom. The summed E-state index contributed by atoms with van der Waals surface area (Å²) in [5, 5.41) is 0. The summed E-state index contributed by atoms with van der Waals surface area (Å²) in [4.78, 5) is 0. The maximum Gasteiger partial charge on any atom is 0.00537 e. The van der Waals surface area contributed by atoms with Gasteiger partial charge in [-0.15, -0.1) is 0 Å². The van der Waals surface area contributed by atoms with Gasteiger partial charge in [-0.2, -0.15) is 0 Å². The third-order valence-corrected chi connectivity index (χ3v) is 1.64. The Morgan fingerprint density at radius 3 is 2.55 bits per heavy atom. The molecule has 0 aliphatic heterocycles. The quantitative estimate of drug-likeness (QED) is 0.571. The lowest BCUT2D eigenvalue weighted by atomic mass is 10.1. The van der Waals surface area contributed by atoms with Crippen molar-refractivity contribution in [1.82, 2.24) is 0 Å². The fraction of sp³-hybridized carbons (Fsp3) is 0.778. The number of hydrogen-bond donors (Lipinski definition) is 2. The van der Waals surface area contributed by atoms with Gasteiger partial charge in [0.2, 0.25) is 0 Å². The molecule has 0 aromatic rings. The van der Waals surface area contributed by atoms with Crippen LogP contribution in [0.25, 0.3) is 0 Å². The molecule has 0 aromatic carbocycles. The van der Waals surface area contributed by atoms with Crippen molar-refractivity contribution in [2.24, 2.45) is 11.5 Å². The van der Waals surface area contributed by atoms with Crippen LogP contribution in [-0.2, 0) is 0 Å².